The molecular formula is C16H26ClN3O3S2. The van der Waals surface area contributed by atoms with Crippen molar-refractivity contribution in [2.24, 2.45) is 5.92 Å². The minimum absolute atomic E-state index is 0. The van der Waals surface area contributed by atoms with Gasteiger partial charge in [0.25, 0.3) is 10.0 Å². The minimum atomic E-state index is -3.40. The minimum Gasteiger partial charge on any atom is -0.354 e. The van der Waals surface area contributed by atoms with Gasteiger partial charge in [0.15, 0.2) is 0 Å². The summed E-state index contributed by atoms with van der Waals surface area (Å²) < 4.78 is 27.5. The fourth-order valence-electron chi connectivity index (χ4n) is 3.37. The van der Waals surface area contributed by atoms with Gasteiger partial charge in [-0.3, -0.25) is 4.79 Å². The Morgan fingerprint density at radius 2 is 2.16 bits per heavy atom. The van der Waals surface area contributed by atoms with E-state index in [1.54, 1.807) is 10.4 Å². The molecule has 0 bridgehead atoms. The fourth-order valence-corrected chi connectivity index (χ4v) is 6.36. The molecule has 6 nitrogen and oxygen atoms in total. The molecule has 2 unspecified atom stereocenters. The third-order valence-electron chi connectivity index (χ3n) is 4.73. The monoisotopic (exact) mass is 407 g/mol. The van der Waals surface area contributed by atoms with Crippen LogP contribution in [-0.2, 0) is 14.8 Å². The van der Waals surface area contributed by atoms with Crippen molar-refractivity contribution in [2.75, 3.05) is 26.2 Å². The Labute approximate surface area is 159 Å². The van der Waals surface area contributed by atoms with Crippen LogP contribution in [-0.4, -0.2) is 50.9 Å². The highest BCUT2D eigenvalue weighted by molar-refractivity contribution is 7.91. The van der Waals surface area contributed by atoms with Gasteiger partial charge in [0, 0.05) is 24.5 Å². The van der Waals surface area contributed by atoms with E-state index in [1.807, 2.05) is 13.0 Å². The summed E-state index contributed by atoms with van der Waals surface area (Å²) in [7, 11) is -3.40. The van der Waals surface area contributed by atoms with Crippen molar-refractivity contribution in [3.8, 4) is 0 Å². The van der Waals surface area contributed by atoms with Crippen LogP contribution in [0.4, 0.5) is 0 Å². The standard InChI is InChI=1S/C16H25N3O3S2.ClH/c1-12-6-7-15(23-12)24(21,22)19-9-3-4-13(11-19)10-18-16(20)14-5-2-8-17-14;/h6-7,13-14,17H,2-5,8-11H2,1H3,(H,18,20);1H. The number of hydrogen-bond donors (Lipinski definition) is 2. The highest BCUT2D eigenvalue weighted by Crippen LogP contribution is 2.28. The first kappa shape index (κ1) is 20.6. The van der Waals surface area contributed by atoms with E-state index in [0.717, 1.165) is 37.1 Å². The molecule has 2 aliphatic rings. The number of sulfonamides is 1. The molecule has 25 heavy (non-hydrogen) atoms. The third-order valence-corrected chi connectivity index (χ3v) is 8.07. The summed E-state index contributed by atoms with van der Waals surface area (Å²) in [6, 6.07) is 3.45. The predicted molar refractivity (Wildman–Crippen MR) is 102 cm³/mol. The summed E-state index contributed by atoms with van der Waals surface area (Å²) in [6.45, 7) is 4.40. The number of piperidine rings is 1. The van der Waals surface area contributed by atoms with Crippen molar-refractivity contribution in [2.45, 2.75) is 42.9 Å². The summed E-state index contributed by atoms with van der Waals surface area (Å²) >= 11 is 1.32. The summed E-state index contributed by atoms with van der Waals surface area (Å²) in [5.74, 6) is 0.223. The Balaban J connectivity index is 0.00000225. The second kappa shape index (κ2) is 8.81. The molecule has 3 heterocycles. The normalized spacial score (nSPS) is 24.7. The lowest BCUT2D eigenvalue weighted by Gasteiger charge is -2.31. The number of carbonyl (C=O) groups is 1. The molecule has 0 aliphatic carbocycles. The highest BCUT2D eigenvalue weighted by atomic mass is 35.5. The molecule has 0 spiro atoms. The zero-order chi connectivity index (χ0) is 17.2. The molecule has 142 valence electrons. The van der Waals surface area contributed by atoms with E-state index >= 15 is 0 Å². The van der Waals surface area contributed by atoms with E-state index < -0.39 is 10.0 Å². The van der Waals surface area contributed by atoms with E-state index in [9.17, 15) is 13.2 Å². The molecule has 1 aromatic rings. The van der Waals surface area contributed by atoms with Crippen molar-refractivity contribution < 1.29 is 13.2 Å². The summed E-state index contributed by atoms with van der Waals surface area (Å²) in [5.41, 5.74) is 0. The fraction of sp³-hybridized carbons (Fsp3) is 0.688. The molecule has 3 rings (SSSR count). The number of amides is 1. The molecule has 1 aromatic heterocycles. The summed E-state index contributed by atoms with van der Waals surface area (Å²) in [6.07, 6.45) is 3.71. The van der Waals surface area contributed by atoms with E-state index in [1.165, 1.54) is 11.3 Å². The van der Waals surface area contributed by atoms with Crippen LogP contribution in [0.15, 0.2) is 16.3 Å². The van der Waals surface area contributed by atoms with Crippen LogP contribution in [0, 0.1) is 12.8 Å². The number of halogens is 1. The number of thiophene rings is 1. The second-order valence-corrected chi connectivity index (χ2v) is 10.1. The molecule has 9 heteroatoms. The SMILES string of the molecule is Cc1ccc(S(=O)(=O)N2CCCC(CNC(=O)C3CCCN3)C2)s1.Cl. The van der Waals surface area contributed by atoms with E-state index in [2.05, 4.69) is 10.6 Å². The van der Waals surface area contributed by atoms with Crippen molar-refractivity contribution in [1.29, 1.82) is 0 Å². The van der Waals surface area contributed by atoms with Gasteiger partial charge in [0.1, 0.15) is 4.21 Å². The maximum Gasteiger partial charge on any atom is 0.252 e. The Morgan fingerprint density at radius 3 is 2.80 bits per heavy atom. The van der Waals surface area contributed by atoms with Gasteiger partial charge in [-0.2, -0.15) is 4.31 Å². The number of nitrogens with one attached hydrogen (secondary N) is 2. The van der Waals surface area contributed by atoms with E-state index in [4.69, 9.17) is 0 Å². The molecule has 2 fully saturated rings. The summed E-state index contributed by atoms with van der Waals surface area (Å²) in [5, 5.41) is 6.17. The Hall–Kier alpha value is -0.670. The first-order valence-electron chi connectivity index (χ1n) is 8.54. The average molecular weight is 408 g/mol. The first-order valence-corrected chi connectivity index (χ1v) is 10.8. The zero-order valence-electron chi connectivity index (χ0n) is 14.4. The molecule has 0 saturated carbocycles. The van der Waals surface area contributed by atoms with Crippen LogP contribution >= 0.6 is 23.7 Å². The quantitative estimate of drug-likeness (QED) is 0.779. The van der Waals surface area contributed by atoms with Gasteiger partial charge in [0.2, 0.25) is 5.91 Å². The molecular weight excluding hydrogens is 382 g/mol. The third kappa shape index (κ3) is 4.95. The molecule has 1 amide bonds. The van der Waals surface area contributed by atoms with Gasteiger partial charge >= 0.3 is 0 Å². The van der Waals surface area contributed by atoms with Crippen LogP contribution < -0.4 is 10.6 Å². The number of carbonyl (C=O) groups excluding carboxylic acids is 1. The van der Waals surface area contributed by atoms with Crippen molar-refractivity contribution in [3.05, 3.63) is 17.0 Å². The van der Waals surface area contributed by atoms with Gasteiger partial charge in [-0.25, -0.2) is 8.42 Å². The Morgan fingerprint density at radius 1 is 1.36 bits per heavy atom. The maximum absolute atomic E-state index is 12.7. The number of rotatable bonds is 5. The van der Waals surface area contributed by atoms with Gasteiger partial charge in [-0.05, 0) is 57.2 Å². The van der Waals surface area contributed by atoms with E-state index in [-0.39, 0.29) is 30.3 Å². The molecule has 2 saturated heterocycles. The second-order valence-electron chi connectivity index (χ2n) is 6.63. The first-order chi connectivity index (χ1) is 11.5. The largest absolute Gasteiger partial charge is 0.354 e. The molecule has 0 radical (unpaired) electrons. The van der Waals surface area contributed by atoms with Crippen molar-refractivity contribution in [3.63, 3.8) is 0 Å². The topological polar surface area (TPSA) is 78.5 Å². The predicted octanol–water partition coefficient (Wildman–Crippen LogP) is 1.75. The van der Waals surface area contributed by atoms with Crippen LogP contribution in [0.3, 0.4) is 0 Å². The van der Waals surface area contributed by atoms with Gasteiger partial charge in [-0.15, -0.1) is 23.7 Å². The average Bonchev–Trinajstić information content (AvgIpc) is 3.24. The van der Waals surface area contributed by atoms with Crippen LogP contribution in [0.1, 0.15) is 30.6 Å². The van der Waals surface area contributed by atoms with Crippen molar-refractivity contribution in [1.82, 2.24) is 14.9 Å². The molecule has 2 atom stereocenters. The van der Waals surface area contributed by atoms with Crippen LogP contribution in [0.5, 0.6) is 0 Å². The smallest absolute Gasteiger partial charge is 0.252 e. The Bertz CT molecular complexity index is 687. The van der Waals surface area contributed by atoms with Gasteiger partial charge in [0.05, 0.1) is 6.04 Å². The molecule has 0 aromatic carbocycles. The number of hydrogen-bond acceptors (Lipinski definition) is 5. The van der Waals surface area contributed by atoms with Gasteiger partial charge < -0.3 is 10.6 Å². The van der Waals surface area contributed by atoms with Crippen LogP contribution in [0.25, 0.3) is 0 Å². The lowest BCUT2D eigenvalue weighted by atomic mass is 9.99. The molecule has 2 aliphatic heterocycles. The lowest BCUT2D eigenvalue weighted by Crippen LogP contribution is -2.46. The maximum atomic E-state index is 12.7. The highest BCUT2D eigenvalue weighted by Gasteiger charge is 2.31. The summed E-state index contributed by atoms with van der Waals surface area (Å²) in [4.78, 5) is 13.1. The Kier molecular flexibility index (Phi) is 7.28. The zero-order valence-corrected chi connectivity index (χ0v) is 16.8. The van der Waals surface area contributed by atoms with E-state index in [0.29, 0.717) is 23.8 Å². The lowest BCUT2D eigenvalue weighted by molar-refractivity contribution is -0.123. The van der Waals surface area contributed by atoms with Crippen molar-refractivity contribution >= 4 is 39.7 Å². The van der Waals surface area contributed by atoms with Gasteiger partial charge in [-0.1, -0.05) is 0 Å². The number of nitrogens with zero attached hydrogens (tertiary/aromatic N) is 1. The number of aryl methyl sites for hydroxylation is 1. The molecule has 2 N–H and O–H groups in total. The van der Waals surface area contributed by atoms with Crippen LogP contribution in [0.2, 0.25) is 0 Å².